The number of amides is 2. The van der Waals surface area contributed by atoms with Gasteiger partial charge in [-0.05, 0) is 50.7 Å². The van der Waals surface area contributed by atoms with Crippen LogP contribution in [0.25, 0.3) is 0 Å². The molecule has 1 aliphatic carbocycles. The number of ether oxygens (including phenoxy) is 1. The highest BCUT2D eigenvalue weighted by Crippen LogP contribution is 2.27. The van der Waals surface area contributed by atoms with Gasteiger partial charge in [0.25, 0.3) is 0 Å². The van der Waals surface area contributed by atoms with Gasteiger partial charge in [-0.1, -0.05) is 6.07 Å². The Balaban J connectivity index is 1.90. The van der Waals surface area contributed by atoms with Crippen LogP contribution in [-0.2, 0) is 0 Å². The Labute approximate surface area is 132 Å². The minimum atomic E-state index is -0.0962. The summed E-state index contributed by atoms with van der Waals surface area (Å²) in [7, 11) is 1.84. The highest BCUT2D eigenvalue weighted by molar-refractivity contribution is 5.89. The molecule has 22 heavy (non-hydrogen) atoms. The Kier molecular flexibility index (Phi) is 6.07. The molecule has 1 aromatic carbocycles. The van der Waals surface area contributed by atoms with Crippen LogP contribution in [0.4, 0.5) is 10.5 Å². The minimum Gasteiger partial charge on any atom is -0.494 e. The van der Waals surface area contributed by atoms with Gasteiger partial charge in [0.15, 0.2) is 0 Å². The second-order valence-corrected chi connectivity index (χ2v) is 5.86. The lowest BCUT2D eigenvalue weighted by atomic mass is 9.86. The number of urea groups is 1. The summed E-state index contributed by atoms with van der Waals surface area (Å²) in [5.41, 5.74) is 0.742. The molecule has 0 saturated heterocycles. The number of aliphatic hydroxyl groups excluding tert-OH is 1. The first-order chi connectivity index (χ1) is 10.6. The molecule has 122 valence electrons. The van der Waals surface area contributed by atoms with Crippen LogP contribution in [0.5, 0.6) is 5.75 Å². The maximum absolute atomic E-state index is 12.4. The summed E-state index contributed by atoms with van der Waals surface area (Å²) in [6.45, 7) is 2.79. The number of carbonyl (C=O) groups is 1. The van der Waals surface area contributed by atoms with E-state index in [1.54, 1.807) is 4.90 Å². The highest BCUT2D eigenvalue weighted by Gasteiger charge is 2.26. The second kappa shape index (κ2) is 8.03. The van der Waals surface area contributed by atoms with Crippen molar-refractivity contribution < 1.29 is 14.6 Å². The van der Waals surface area contributed by atoms with Crippen LogP contribution in [0, 0.1) is 5.92 Å². The van der Waals surface area contributed by atoms with Crippen molar-refractivity contribution in [2.45, 2.75) is 38.6 Å². The van der Waals surface area contributed by atoms with Gasteiger partial charge in [-0.2, -0.15) is 0 Å². The van der Waals surface area contributed by atoms with Gasteiger partial charge >= 0.3 is 6.03 Å². The van der Waals surface area contributed by atoms with Crippen LogP contribution in [0.15, 0.2) is 24.3 Å². The van der Waals surface area contributed by atoms with Crippen molar-refractivity contribution in [2.24, 2.45) is 5.92 Å². The maximum atomic E-state index is 12.4. The van der Waals surface area contributed by atoms with E-state index in [4.69, 9.17) is 4.74 Å². The first-order valence-electron chi connectivity index (χ1n) is 8.01. The molecule has 1 aromatic rings. The number of carbonyl (C=O) groups excluding carboxylic acids is 1. The third-order valence-electron chi connectivity index (χ3n) is 4.34. The Hall–Kier alpha value is -1.75. The van der Waals surface area contributed by atoms with Crippen molar-refractivity contribution in [2.75, 3.05) is 25.6 Å². The lowest BCUT2D eigenvalue weighted by Crippen LogP contribution is -2.42. The van der Waals surface area contributed by atoms with Crippen molar-refractivity contribution in [1.82, 2.24) is 4.90 Å². The van der Waals surface area contributed by atoms with E-state index in [1.165, 1.54) is 0 Å². The third kappa shape index (κ3) is 4.37. The van der Waals surface area contributed by atoms with Crippen LogP contribution in [0.2, 0.25) is 0 Å². The fourth-order valence-corrected chi connectivity index (χ4v) is 2.92. The zero-order valence-corrected chi connectivity index (χ0v) is 13.4. The van der Waals surface area contributed by atoms with Gasteiger partial charge in [0, 0.05) is 31.5 Å². The molecule has 0 atom stereocenters. The standard InChI is InChI=1S/C17H26N2O3/c1-3-22-16-6-4-5-14(11-16)18-17(21)19(2)15-9-7-13(12-20)8-10-15/h4-6,11,13,15,20H,3,7-10,12H2,1-2H3,(H,18,21). The summed E-state index contributed by atoms with van der Waals surface area (Å²) >= 11 is 0. The van der Waals surface area contributed by atoms with Gasteiger partial charge in [0.2, 0.25) is 0 Å². The molecule has 2 N–H and O–H groups in total. The van der Waals surface area contributed by atoms with Crippen molar-refractivity contribution in [3.63, 3.8) is 0 Å². The van der Waals surface area contributed by atoms with Crippen molar-refractivity contribution >= 4 is 11.7 Å². The zero-order valence-electron chi connectivity index (χ0n) is 13.4. The first kappa shape index (κ1) is 16.6. The summed E-state index contributed by atoms with van der Waals surface area (Å²) in [5.74, 6) is 1.15. The van der Waals surface area contributed by atoms with Crippen molar-refractivity contribution in [3.8, 4) is 5.75 Å². The van der Waals surface area contributed by atoms with E-state index < -0.39 is 0 Å². The molecule has 1 fully saturated rings. The van der Waals surface area contributed by atoms with Gasteiger partial charge in [-0.25, -0.2) is 4.79 Å². The maximum Gasteiger partial charge on any atom is 0.321 e. The Morgan fingerprint density at radius 2 is 2.09 bits per heavy atom. The smallest absolute Gasteiger partial charge is 0.321 e. The number of rotatable bonds is 5. The average Bonchev–Trinajstić information content (AvgIpc) is 2.55. The monoisotopic (exact) mass is 306 g/mol. The largest absolute Gasteiger partial charge is 0.494 e. The van der Waals surface area contributed by atoms with E-state index in [-0.39, 0.29) is 18.7 Å². The van der Waals surface area contributed by atoms with Crippen molar-refractivity contribution in [3.05, 3.63) is 24.3 Å². The van der Waals surface area contributed by atoms with Gasteiger partial charge in [-0.3, -0.25) is 0 Å². The first-order valence-corrected chi connectivity index (χ1v) is 8.01. The fourth-order valence-electron chi connectivity index (χ4n) is 2.92. The molecule has 0 bridgehead atoms. The summed E-state index contributed by atoms with van der Waals surface area (Å²) in [5, 5.41) is 12.1. The van der Waals surface area contributed by atoms with Gasteiger partial charge < -0.3 is 20.1 Å². The van der Waals surface area contributed by atoms with Crippen LogP contribution in [0.3, 0.4) is 0 Å². The molecule has 2 amide bonds. The van der Waals surface area contributed by atoms with E-state index in [2.05, 4.69) is 5.32 Å². The van der Waals surface area contributed by atoms with Gasteiger partial charge in [0.1, 0.15) is 5.75 Å². The van der Waals surface area contributed by atoms with Gasteiger partial charge in [-0.15, -0.1) is 0 Å². The Bertz CT molecular complexity index is 485. The molecule has 2 rings (SSSR count). The normalized spacial score (nSPS) is 21.2. The molecule has 0 unspecified atom stereocenters. The predicted octanol–water partition coefficient (Wildman–Crippen LogP) is 3.10. The molecule has 0 heterocycles. The molecule has 0 spiro atoms. The zero-order chi connectivity index (χ0) is 15.9. The summed E-state index contributed by atoms with van der Waals surface area (Å²) < 4.78 is 5.44. The lowest BCUT2D eigenvalue weighted by Gasteiger charge is -2.34. The Morgan fingerprint density at radius 3 is 2.73 bits per heavy atom. The lowest BCUT2D eigenvalue weighted by molar-refractivity contribution is 0.139. The molecule has 0 aliphatic heterocycles. The van der Waals surface area contributed by atoms with E-state index in [0.717, 1.165) is 37.1 Å². The molecule has 0 radical (unpaired) electrons. The molecule has 0 aromatic heterocycles. The average molecular weight is 306 g/mol. The van der Waals surface area contributed by atoms with Crippen LogP contribution < -0.4 is 10.1 Å². The van der Waals surface area contributed by atoms with Crippen LogP contribution in [0.1, 0.15) is 32.6 Å². The van der Waals surface area contributed by atoms with E-state index in [9.17, 15) is 9.90 Å². The van der Waals surface area contributed by atoms with Crippen LogP contribution in [-0.4, -0.2) is 42.3 Å². The minimum absolute atomic E-state index is 0.0962. The van der Waals surface area contributed by atoms with E-state index in [1.807, 2.05) is 38.2 Å². The summed E-state index contributed by atoms with van der Waals surface area (Å²) in [6.07, 6.45) is 3.87. The number of anilines is 1. The number of hydrogen-bond acceptors (Lipinski definition) is 3. The van der Waals surface area contributed by atoms with E-state index in [0.29, 0.717) is 12.5 Å². The quantitative estimate of drug-likeness (QED) is 0.878. The number of hydrogen-bond donors (Lipinski definition) is 2. The van der Waals surface area contributed by atoms with Crippen molar-refractivity contribution in [1.29, 1.82) is 0 Å². The molecule has 5 heteroatoms. The SMILES string of the molecule is CCOc1cccc(NC(=O)N(C)C2CCC(CO)CC2)c1. The molecular weight excluding hydrogens is 280 g/mol. The molecular formula is C17H26N2O3. The molecule has 1 aliphatic rings. The topological polar surface area (TPSA) is 61.8 Å². The number of aliphatic hydroxyl groups is 1. The number of nitrogens with zero attached hydrogens (tertiary/aromatic N) is 1. The molecule has 5 nitrogen and oxygen atoms in total. The predicted molar refractivity (Wildman–Crippen MR) is 87.2 cm³/mol. The second-order valence-electron chi connectivity index (χ2n) is 5.86. The molecule has 1 saturated carbocycles. The number of nitrogens with one attached hydrogen (secondary N) is 1. The third-order valence-corrected chi connectivity index (χ3v) is 4.34. The van der Waals surface area contributed by atoms with Gasteiger partial charge in [0.05, 0.1) is 6.61 Å². The fraction of sp³-hybridized carbons (Fsp3) is 0.588. The Morgan fingerprint density at radius 1 is 1.36 bits per heavy atom. The summed E-state index contributed by atoms with van der Waals surface area (Å²) in [4.78, 5) is 14.1. The highest BCUT2D eigenvalue weighted by atomic mass is 16.5. The summed E-state index contributed by atoms with van der Waals surface area (Å²) in [6, 6.07) is 7.58. The van der Waals surface area contributed by atoms with E-state index >= 15 is 0 Å². The van der Waals surface area contributed by atoms with Crippen LogP contribution >= 0.6 is 0 Å². The number of benzene rings is 1.